The van der Waals surface area contributed by atoms with E-state index in [0.717, 1.165) is 47.6 Å². The average molecular weight is 385 g/mol. The number of piperidine rings is 1. The first-order valence-electron chi connectivity index (χ1n) is 9.66. The molecule has 0 bridgehead atoms. The predicted molar refractivity (Wildman–Crippen MR) is 113 cm³/mol. The summed E-state index contributed by atoms with van der Waals surface area (Å²) in [6, 6.07) is 14.0. The Hall–Kier alpha value is -1.84. The zero-order valence-electron chi connectivity index (χ0n) is 16.7. The summed E-state index contributed by atoms with van der Waals surface area (Å²) >= 11 is 6.13. The molecule has 0 aromatic heterocycles. The molecule has 0 radical (unpaired) electrons. The highest BCUT2D eigenvalue weighted by Crippen LogP contribution is 2.26. The molecule has 0 aliphatic carbocycles. The minimum Gasteiger partial charge on any atom is -0.349 e. The minimum atomic E-state index is 0.0109. The third kappa shape index (κ3) is 4.91. The van der Waals surface area contributed by atoms with Crippen molar-refractivity contribution in [2.75, 3.05) is 13.1 Å². The van der Waals surface area contributed by atoms with Crippen molar-refractivity contribution in [3.63, 3.8) is 0 Å². The Labute approximate surface area is 167 Å². The van der Waals surface area contributed by atoms with Crippen molar-refractivity contribution in [2.45, 2.75) is 52.1 Å². The topological polar surface area (TPSA) is 32.3 Å². The van der Waals surface area contributed by atoms with Crippen molar-refractivity contribution in [1.82, 2.24) is 10.2 Å². The van der Waals surface area contributed by atoms with Crippen molar-refractivity contribution in [1.29, 1.82) is 0 Å². The summed E-state index contributed by atoms with van der Waals surface area (Å²) in [6.45, 7) is 10.8. The molecule has 1 amide bonds. The SMILES string of the molecule is Cc1cc(-c2cccc(C(=O)NC3CCN(C(C)(C)C)CC3)c2)ccc1Cl. The van der Waals surface area contributed by atoms with Gasteiger partial charge in [0.1, 0.15) is 0 Å². The molecule has 1 fully saturated rings. The molecule has 0 atom stereocenters. The highest BCUT2D eigenvalue weighted by atomic mass is 35.5. The Morgan fingerprint density at radius 1 is 1.07 bits per heavy atom. The third-order valence-corrected chi connectivity index (χ3v) is 5.82. The molecular weight excluding hydrogens is 356 g/mol. The van der Waals surface area contributed by atoms with E-state index >= 15 is 0 Å². The molecule has 0 spiro atoms. The van der Waals surface area contributed by atoms with Gasteiger partial charge < -0.3 is 5.32 Å². The molecule has 1 heterocycles. The maximum Gasteiger partial charge on any atom is 0.251 e. The van der Waals surface area contributed by atoms with Crippen LogP contribution >= 0.6 is 11.6 Å². The van der Waals surface area contributed by atoms with E-state index in [1.165, 1.54) is 0 Å². The second-order valence-electron chi connectivity index (χ2n) is 8.45. The summed E-state index contributed by atoms with van der Waals surface area (Å²) in [5, 5.41) is 3.98. The third-order valence-electron chi connectivity index (χ3n) is 5.39. The number of carbonyl (C=O) groups is 1. The molecule has 2 aromatic carbocycles. The van der Waals surface area contributed by atoms with Gasteiger partial charge in [0.15, 0.2) is 0 Å². The van der Waals surface area contributed by atoms with Gasteiger partial charge in [-0.3, -0.25) is 9.69 Å². The van der Waals surface area contributed by atoms with E-state index in [0.29, 0.717) is 5.56 Å². The zero-order chi connectivity index (χ0) is 19.6. The van der Waals surface area contributed by atoms with E-state index in [1.54, 1.807) is 0 Å². The number of aryl methyl sites for hydroxylation is 1. The maximum atomic E-state index is 12.8. The van der Waals surface area contributed by atoms with E-state index in [1.807, 2.05) is 43.3 Å². The number of carbonyl (C=O) groups excluding carboxylic acids is 1. The highest BCUT2D eigenvalue weighted by molar-refractivity contribution is 6.31. The Bertz CT molecular complexity index is 817. The van der Waals surface area contributed by atoms with E-state index in [-0.39, 0.29) is 17.5 Å². The van der Waals surface area contributed by atoms with Crippen LogP contribution in [0.25, 0.3) is 11.1 Å². The molecule has 1 aliphatic heterocycles. The van der Waals surface area contributed by atoms with Crippen molar-refractivity contribution in [3.8, 4) is 11.1 Å². The van der Waals surface area contributed by atoms with Gasteiger partial charge in [0.2, 0.25) is 0 Å². The number of rotatable bonds is 3. The number of benzene rings is 2. The highest BCUT2D eigenvalue weighted by Gasteiger charge is 2.27. The number of nitrogens with zero attached hydrogens (tertiary/aromatic N) is 1. The van der Waals surface area contributed by atoms with Crippen LogP contribution in [0, 0.1) is 6.92 Å². The quantitative estimate of drug-likeness (QED) is 0.777. The molecule has 1 aliphatic rings. The fourth-order valence-electron chi connectivity index (χ4n) is 3.63. The van der Waals surface area contributed by atoms with Gasteiger partial charge in [0.25, 0.3) is 5.91 Å². The normalized spacial score (nSPS) is 16.3. The van der Waals surface area contributed by atoms with Gasteiger partial charge in [-0.2, -0.15) is 0 Å². The first-order valence-corrected chi connectivity index (χ1v) is 10.0. The van der Waals surface area contributed by atoms with Crippen molar-refractivity contribution in [3.05, 3.63) is 58.6 Å². The fourth-order valence-corrected chi connectivity index (χ4v) is 3.75. The lowest BCUT2D eigenvalue weighted by Crippen LogP contribution is -2.50. The van der Waals surface area contributed by atoms with E-state index in [9.17, 15) is 4.79 Å². The molecule has 3 nitrogen and oxygen atoms in total. The molecular formula is C23H29ClN2O. The maximum absolute atomic E-state index is 12.8. The second-order valence-corrected chi connectivity index (χ2v) is 8.86. The average Bonchev–Trinajstić information content (AvgIpc) is 2.64. The Morgan fingerprint density at radius 3 is 2.37 bits per heavy atom. The molecule has 1 saturated heterocycles. The number of nitrogens with one attached hydrogen (secondary N) is 1. The monoisotopic (exact) mass is 384 g/mol. The summed E-state index contributed by atoms with van der Waals surface area (Å²) in [5.41, 5.74) is 4.04. The summed E-state index contributed by atoms with van der Waals surface area (Å²) in [6.07, 6.45) is 2.00. The lowest BCUT2D eigenvalue weighted by Gasteiger charge is -2.41. The van der Waals surface area contributed by atoms with E-state index in [4.69, 9.17) is 11.6 Å². The van der Waals surface area contributed by atoms with Crippen LogP contribution in [0.1, 0.15) is 49.5 Å². The molecule has 0 saturated carbocycles. The minimum absolute atomic E-state index is 0.0109. The largest absolute Gasteiger partial charge is 0.349 e. The first kappa shape index (κ1) is 19.9. The Morgan fingerprint density at radius 2 is 1.74 bits per heavy atom. The number of amides is 1. The lowest BCUT2D eigenvalue weighted by molar-refractivity contribution is 0.0812. The smallest absolute Gasteiger partial charge is 0.251 e. The summed E-state index contributed by atoms with van der Waals surface area (Å²) < 4.78 is 0. The van der Waals surface area contributed by atoms with Gasteiger partial charge in [0.05, 0.1) is 0 Å². The van der Waals surface area contributed by atoms with Crippen LogP contribution in [0.3, 0.4) is 0 Å². The van der Waals surface area contributed by atoms with E-state index < -0.39 is 0 Å². The van der Waals surface area contributed by atoms with Crippen molar-refractivity contribution >= 4 is 17.5 Å². The standard InChI is InChI=1S/C23H29ClN2O/c1-16-14-18(8-9-21(16)24)17-6-5-7-19(15-17)22(27)25-20-10-12-26(13-11-20)23(2,3)4/h5-9,14-15,20H,10-13H2,1-4H3,(H,25,27). The number of halogens is 1. The van der Waals surface area contributed by atoms with Crippen LogP contribution < -0.4 is 5.32 Å². The molecule has 144 valence electrons. The summed E-state index contributed by atoms with van der Waals surface area (Å²) in [5.74, 6) is 0.0109. The lowest BCUT2D eigenvalue weighted by atomic mass is 9.97. The van der Waals surface area contributed by atoms with Crippen LogP contribution in [0.5, 0.6) is 0 Å². The van der Waals surface area contributed by atoms with Crippen LogP contribution in [0.4, 0.5) is 0 Å². The van der Waals surface area contributed by atoms with Crippen molar-refractivity contribution in [2.24, 2.45) is 0 Å². The van der Waals surface area contributed by atoms with Crippen LogP contribution in [0.15, 0.2) is 42.5 Å². The molecule has 0 unspecified atom stereocenters. The van der Waals surface area contributed by atoms with Crippen LogP contribution in [-0.2, 0) is 0 Å². The van der Waals surface area contributed by atoms with Gasteiger partial charge in [-0.25, -0.2) is 0 Å². The van der Waals surface area contributed by atoms with Gasteiger partial charge in [-0.05, 0) is 81.5 Å². The van der Waals surface area contributed by atoms with Gasteiger partial charge in [-0.15, -0.1) is 0 Å². The predicted octanol–water partition coefficient (Wildman–Crippen LogP) is 5.31. The van der Waals surface area contributed by atoms with E-state index in [2.05, 4.69) is 37.1 Å². The van der Waals surface area contributed by atoms with Crippen molar-refractivity contribution < 1.29 is 4.79 Å². The number of hydrogen-bond donors (Lipinski definition) is 1. The zero-order valence-corrected chi connectivity index (χ0v) is 17.4. The molecule has 1 N–H and O–H groups in total. The molecule has 2 aromatic rings. The van der Waals surface area contributed by atoms with Gasteiger partial charge >= 0.3 is 0 Å². The van der Waals surface area contributed by atoms with Gasteiger partial charge in [0, 0.05) is 35.3 Å². The second kappa shape index (κ2) is 8.04. The molecule has 27 heavy (non-hydrogen) atoms. The number of likely N-dealkylation sites (tertiary alicyclic amines) is 1. The summed E-state index contributed by atoms with van der Waals surface area (Å²) in [7, 11) is 0. The molecule has 4 heteroatoms. The first-order chi connectivity index (χ1) is 12.7. The number of hydrogen-bond acceptors (Lipinski definition) is 2. The summed E-state index contributed by atoms with van der Waals surface area (Å²) in [4.78, 5) is 15.2. The van der Waals surface area contributed by atoms with Gasteiger partial charge in [-0.1, -0.05) is 29.8 Å². The Kier molecular flexibility index (Phi) is 5.92. The fraction of sp³-hybridized carbons (Fsp3) is 0.435. The van der Waals surface area contributed by atoms with Crippen LogP contribution in [0.2, 0.25) is 5.02 Å². The Balaban J connectivity index is 1.67. The van der Waals surface area contributed by atoms with Crippen LogP contribution in [-0.4, -0.2) is 35.5 Å². The molecule has 3 rings (SSSR count).